The van der Waals surface area contributed by atoms with Crippen LogP contribution in [0, 0.1) is 11.8 Å². The second kappa shape index (κ2) is 2.42. The molecule has 0 saturated carbocycles. The number of nitrogen functional groups attached to an aromatic ring is 1. The fourth-order valence-electron chi connectivity index (χ4n) is 1.25. The lowest BCUT2D eigenvalue weighted by Crippen LogP contribution is -1.92. The predicted octanol–water partition coefficient (Wildman–Crippen LogP) is 1.43. The van der Waals surface area contributed by atoms with Crippen LogP contribution in [0.3, 0.4) is 0 Å². The Hall–Kier alpha value is -1.65. The number of anilines is 1. The van der Waals surface area contributed by atoms with E-state index in [0.29, 0.717) is 0 Å². The van der Waals surface area contributed by atoms with Crippen LogP contribution in [-0.2, 0) is 7.05 Å². The Morgan fingerprint density at radius 2 is 2.08 bits per heavy atom. The van der Waals surface area contributed by atoms with Crippen molar-refractivity contribution in [2.75, 3.05) is 5.73 Å². The molecule has 0 aliphatic heterocycles. The predicted molar refractivity (Wildman–Crippen MR) is 45.0 cm³/mol. The first-order valence-corrected chi connectivity index (χ1v) is 3.67. The number of hydrogen-bond donors (Lipinski definition) is 1. The lowest BCUT2D eigenvalue weighted by Gasteiger charge is -1.93. The van der Waals surface area contributed by atoms with Gasteiger partial charge in [0.25, 0.3) is 0 Å². The van der Waals surface area contributed by atoms with E-state index < -0.39 is 11.8 Å². The van der Waals surface area contributed by atoms with E-state index in [1.165, 1.54) is 13.1 Å². The standard InChI is InChI=1S/C8H7F2N3/c1-13-8(10)5-2-4(11)3-6(9)7(5)12-13/h2-3H,11H2,1H3. The zero-order valence-corrected chi connectivity index (χ0v) is 6.88. The molecule has 0 spiro atoms. The van der Waals surface area contributed by atoms with Gasteiger partial charge in [-0.15, -0.1) is 0 Å². The maximum atomic E-state index is 13.2. The molecule has 0 unspecified atom stereocenters. The summed E-state index contributed by atoms with van der Waals surface area (Å²) < 4.78 is 27.3. The van der Waals surface area contributed by atoms with E-state index in [9.17, 15) is 8.78 Å². The Kier molecular flexibility index (Phi) is 1.48. The summed E-state index contributed by atoms with van der Waals surface area (Å²) in [6.45, 7) is 0. The average molecular weight is 183 g/mol. The fourth-order valence-corrected chi connectivity index (χ4v) is 1.25. The van der Waals surface area contributed by atoms with Crippen LogP contribution in [0.25, 0.3) is 10.9 Å². The second-order valence-electron chi connectivity index (χ2n) is 2.81. The fraction of sp³-hybridized carbons (Fsp3) is 0.125. The number of halogens is 2. The van der Waals surface area contributed by atoms with Crippen molar-refractivity contribution in [1.29, 1.82) is 0 Å². The maximum Gasteiger partial charge on any atom is 0.219 e. The molecule has 1 aromatic carbocycles. The zero-order chi connectivity index (χ0) is 9.59. The molecule has 5 heteroatoms. The van der Waals surface area contributed by atoms with E-state index in [1.54, 1.807) is 0 Å². The highest BCUT2D eigenvalue weighted by molar-refractivity contribution is 5.82. The lowest BCUT2D eigenvalue weighted by molar-refractivity contribution is 0.511. The molecule has 2 rings (SSSR count). The van der Waals surface area contributed by atoms with Crippen LogP contribution in [0.2, 0.25) is 0 Å². The van der Waals surface area contributed by atoms with Crippen molar-refractivity contribution < 1.29 is 8.78 Å². The third-order valence-electron chi connectivity index (χ3n) is 1.84. The molecule has 0 amide bonds. The van der Waals surface area contributed by atoms with Crippen LogP contribution in [-0.4, -0.2) is 9.78 Å². The number of benzene rings is 1. The number of fused-ring (bicyclic) bond motifs is 1. The van der Waals surface area contributed by atoms with Crippen molar-refractivity contribution in [2.45, 2.75) is 0 Å². The first-order valence-electron chi connectivity index (χ1n) is 3.67. The van der Waals surface area contributed by atoms with Gasteiger partial charge in [-0.2, -0.15) is 9.49 Å². The Labute approximate surface area is 72.8 Å². The van der Waals surface area contributed by atoms with Gasteiger partial charge in [-0.1, -0.05) is 0 Å². The molecule has 0 aliphatic rings. The van der Waals surface area contributed by atoms with Gasteiger partial charge in [0.05, 0.1) is 5.39 Å². The highest BCUT2D eigenvalue weighted by atomic mass is 19.1. The molecular weight excluding hydrogens is 176 g/mol. The van der Waals surface area contributed by atoms with Crippen LogP contribution in [0.1, 0.15) is 0 Å². The van der Waals surface area contributed by atoms with Crippen LogP contribution < -0.4 is 5.73 Å². The van der Waals surface area contributed by atoms with Gasteiger partial charge in [0.2, 0.25) is 5.95 Å². The van der Waals surface area contributed by atoms with Gasteiger partial charge in [-0.05, 0) is 12.1 Å². The zero-order valence-electron chi connectivity index (χ0n) is 6.88. The minimum absolute atomic E-state index is 0.00852. The highest BCUT2D eigenvalue weighted by Crippen LogP contribution is 2.22. The van der Waals surface area contributed by atoms with Gasteiger partial charge in [0.1, 0.15) is 5.52 Å². The number of rotatable bonds is 0. The minimum atomic E-state index is -0.602. The van der Waals surface area contributed by atoms with E-state index in [2.05, 4.69) is 5.10 Å². The van der Waals surface area contributed by atoms with Gasteiger partial charge < -0.3 is 5.73 Å². The quantitative estimate of drug-likeness (QED) is 0.628. The molecule has 1 heterocycles. The summed E-state index contributed by atoms with van der Waals surface area (Å²) in [4.78, 5) is 0. The molecule has 68 valence electrons. The van der Waals surface area contributed by atoms with Crippen molar-refractivity contribution in [1.82, 2.24) is 9.78 Å². The summed E-state index contributed by atoms with van der Waals surface area (Å²) in [6.07, 6.45) is 0. The first-order chi connectivity index (χ1) is 6.09. The highest BCUT2D eigenvalue weighted by Gasteiger charge is 2.12. The summed E-state index contributed by atoms with van der Waals surface area (Å²) in [5.41, 5.74) is 5.56. The normalized spacial score (nSPS) is 11.0. The maximum absolute atomic E-state index is 13.2. The van der Waals surface area contributed by atoms with E-state index in [0.717, 1.165) is 10.7 Å². The van der Waals surface area contributed by atoms with E-state index >= 15 is 0 Å². The van der Waals surface area contributed by atoms with E-state index in [4.69, 9.17) is 5.73 Å². The Morgan fingerprint density at radius 3 is 2.77 bits per heavy atom. The van der Waals surface area contributed by atoms with Crippen molar-refractivity contribution in [2.24, 2.45) is 7.05 Å². The first kappa shape index (κ1) is 7.97. The van der Waals surface area contributed by atoms with Gasteiger partial charge in [0.15, 0.2) is 5.82 Å². The van der Waals surface area contributed by atoms with Gasteiger partial charge >= 0.3 is 0 Å². The molecule has 0 saturated heterocycles. The summed E-state index contributed by atoms with van der Waals surface area (Å²) in [7, 11) is 1.41. The summed E-state index contributed by atoms with van der Waals surface area (Å²) >= 11 is 0. The Bertz CT molecular complexity index is 476. The Balaban J connectivity index is 2.94. The topological polar surface area (TPSA) is 43.8 Å². The molecule has 0 fully saturated rings. The number of aromatic nitrogens is 2. The summed E-state index contributed by atoms with van der Waals surface area (Å²) in [6, 6.07) is 2.48. The SMILES string of the molecule is Cn1nc2c(F)cc(N)cc2c1F. The number of aryl methyl sites for hydroxylation is 1. The number of nitrogens with zero attached hydrogens (tertiary/aromatic N) is 2. The minimum Gasteiger partial charge on any atom is -0.399 e. The molecule has 1 aromatic heterocycles. The monoisotopic (exact) mass is 183 g/mol. The molecular formula is C8H7F2N3. The number of hydrogen-bond acceptors (Lipinski definition) is 2. The summed E-state index contributed by atoms with van der Waals surface area (Å²) in [5, 5.41) is 3.78. The molecule has 3 nitrogen and oxygen atoms in total. The summed E-state index contributed by atoms with van der Waals surface area (Å²) in [5.74, 6) is -1.18. The lowest BCUT2D eigenvalue weighted by atomic mass is 10.2. The third-order valence-corrected chi connectivity index (χ3v) is 1.84. The number of nitrogens with two attached hydrogens (primary N) is 1. The van der Waals surface area contributed by atoms with Crippen molar-refractivity contribution >= 4 is 16.6 Å². The van der Waals surface area contributed by atoms with Crippen molar-refractivity contribution in [3.05, 3.63) is 23.9 Å². The second-order valence-corrected chi connectivity index (χ2v) is 2.81. The van der Waals surface area contributed by atoms with Crippen LogP contribution in [0.15, 0.2) is 12.1 Å². The van der Waals surface area contributed by atoms with Gasteiger partial charge in [-0.25, -0.2) is 9.07 Å². The smallest absolute Gasteiger partial charge is 0.219 e. The van der Waals surface area contributed by atoms with Gasteiger partial charge in [-0.3, -0.25) is 0 Å². The van der Waals surface area contributed by atoms with Crippen LogP contribution in [0.5, 0.6) is 0 Å². The largest absolute Gasteiger partial charge is 0.399 e. The molecule has 0 atom stereocenters. The van der Waals surface area contributed by atoms with E-state index in [1.807, 2.05) is 0 Å². The molecule has 0 bridgehead atoms. The Morgan fingerprint density at radius 1 is 1.38 bits per heavy atom. The molecule has 13 heavy (non-hydrogen) atoms. The molecule has 0 aliphatic carbocycles. The molecule has 2 aromatic rings. The molecule has 0 radical (unpaired) electrons. The van der Waals surface area contributed by atoms with Crippen LogP contribution in [0.4, 0.5) is 14.5 Å². The van der Waals surface area contributed by atoms with Crippen molar-refractivity contribution in [3.63, 3.8) is 0 Å². The third kappa shape index (κ3) is 1.04. The van der Waals surface area contributed by atoms with E-state index in [-0.39, 0.29) is 16.6 Å². The molecule has 2 N–H and O–H groups in total. The van der Waals surface area contributed by atoms with Crippen LogP contribution >= 0.6 is 0 Å². The van der Waals surface area contributed by atoms with Gasteiger partial charge in [0, 0.05) is 12.7 Å². The average Bonchev–Trinajstić information content (AvgIpc) is 2.32. The van der Waals surface area contributed by atoms with Crippen molar-refractivity contribution in [3.8, 4) is 0 Å².